The van der Waals surface area contributed by atoms with Crippen LogP contribution in [0.15, 0.2) is 24.3 Å². The van der Waals surface area contributed by atoms with Gasteiger partial charge in [-0.2, -0.15) is 0 Å². The topological polar surface area (TPSA) is 58.6 Å². The zero-order valence-corrected chi connectivity index (χ0v) is 12.2. The molecule has 0 radical (unpaired) electrons. The fraction of sp³-hybridized carbons (Fsp3) is 0.562. The molecule has 20 heavy (non-hydrogen) atoms. The normalized spacial score (nSPS) is 21.0. The van der Waals surface area contributed by atoms with E-state index in [1.165, 1.54) is 5.56 Å². The van der Waals surface area contributed by atoms with Crippen LogP contribution in [0.2, 0.25) is 0 Å². The standard InChI is InChI=1S/C16H23NO3/c1-12(2)20-15(19)8-10-17-16(11-18)9-7-13-5-3-4-6-14(13)16/h3-6,12,17-18H,7-11H2,1-2H3. The molecule has 1 unspecified atom stereocenters. The maximum atomic E-state index is 11.5. The number of nitrogens with one attached hydrogen (secondary N) is 1. The van der Waals surface area contributed by atoms with Gasteiger partial charge < -0.3 is 15.2 Å². The van der Waals surface area contributed by atoms with Gasteiger partial charge in [-0.25, -0.2) is 0 Å². The second-order valence-corrected chi connectivity index (χ2v) is 5.61. The van der Waals surface area contributed by atoms with Gasteiger partial charge in [0.25, 0.3) is 0 Å². The van der Waals surface area contributed by atoms with E-state index in [0.29, 0.717) is 13.0 Å². The molecule has 4 nitrogen and oxygen atoms in total. The van der Waals surface area contributed by atoms with Crippen molar-refractivity contribution in [2.45, 2.75) is 44.8 Å². The number of ether oxygens (including phenoxy) is 1. The summed E-state index contributed by atoms with van der Waals surface area (Å²) in [5.74, 6) is -0.202. The Morgan fingerprint density at radius 3 is 2.90 bits per heavy atom. The number of carbonyl (C=O) groups excluding carboxylic acids is 1. The minimum Gasteiger partial charge on any atom is -0.463 e. The van der Waals surface area contributed by atoms with Crippen molar-refractivity contribution < 1.29 is 14.6 Å². The van der Waals surface area contributed by atoms with Crippen LogP contribution in [0.25, 0.3) is 0 Å². The molecule has 0 fully saturated rings. The summed E-state index contributed by atoms with van der Waals surface area (Å²) in [6.45, 7) is 4.24. The number of aliphatic hydroxyl groups is 1. The highest BCUT2D eigenvalue weighted by atomic mass is 16.5. The fourth-order valence-corrected chi connectivity index (χ4v) is 2.82. The van der Waals surface area contributed by atoms with Crippen LogP contribution in [0.1, 0.15) is 37.8 Å². The Morgan fingerprint density at radius 2 is 2.20 bits per heavy atom. The van der Waals surface area contributed by atoms with Crippen LogP contribution in [0.3, 0.4) is 0 Å². The van der Waals surface area contributed by atoms with Gasteiger partial charge in [-0.15, -0.1) is 0 Å². The van der Waals surface area contributed by atoms with Crippen molar-refractivity contribution in [3.8, 4) is 0 Å². The number of fused-ring (bicyclic) bond motifs is 1. The van der Waals surface area contributed by atoms with Crippen molar-refractivity contribution in [3.63, 3.8) is 0 Å². The SMILES string of the molecule is CC(C)OC(=O)CCNC1(CO)CCc2ccccc21. The van der Waals surface area contributed by atoms with Gasteiger partial charge in [0.2, 0.25) is 0 Å². The number of benzene rings is 1. The van der Waals surface area contributed by atoms with Crippen molar-refractivity contribution in [2.24, 2.45) is 0 Å². The Kier molecular flexibility index (Phi) is 4.78. The molecule has 0 bridgehead atoms. The summed E-state index contributed by atoms with van der Waals surface area (Å²) in [6, 6.07) is 8.16. The van der Waals surface area contributed by atoms with Gasteiger partial charge in [-0.1, -0.05) is 24.3 Å². The number of esters is 1. The van der Waals surface area contributed by atoms with Crippen LogP contribution in [0.4, 0.5) is 0 Å². The van der Waals surface area contributed by atoms with Gasteiger partial charge in [0.1, 0.15) is 0 Å². The number of aliphatic hydroxyl groups excluding tert-OH is 1. The van der Waals surface area contributed by atoms with Crippen molar-refractivity contribution in [1.29, 1.82) is 0 Å². The number of rotatable bonds is 6. The van der Waals surface area contributed by atoms with E-state index < -0.39 is 5.54 Å². The zero-order valence-electron chi connectivity index (χ0n) is 12.2. The molecule has 0 saturated heterocycles. The molecule has 4 heteroatoms. The first-order chi connectivity index (χ1) is 9.57. The molecule has 0 heterocycles. The molecule has 1 aliphatic carbocycles. The molecular weight excluding hydrogens is 254 g/mol. The van der Waals surface area contributed by atoms with Crippen molar-refractivity contribution in [2.75, 3.05) is 13.2 Å². The maximum absolute atomic E-state index is 11.5. The lowest BCUT2D eigenvalue weighted by Crippen LogP contribution is -2.44. The van der Waals surface area contributed by atoms with E-state index in [0.717, 1.165) is 18.4 Å². The number of hydrogen-bond donors (Lipinski definition) is 2. The van der Waals surface area contributed by atoms with E-state index in [9.17, 15) is 9.90 Å². The van der Waals surface area contributed by atoms with Gasteiger partial charge in [0.05, 0.1) is 24.7 Å². The van der Waals surface area contributed by atoms with E-state index in [1.807, 2.05) is 26.0 Å². The highest BCUT2D eigenvalue weighted by Crippen LogP contribution is 2.36. The Hall–Kier alpha value is -1.39. The average molecular weight is 277 g/mol. The first-order valence-electron chi connectivity index (χ1n) is 7.21. The number of hydrogen-bond acceptors (Lipinski definition) is 4. The predicted molar refractivity (Wildman–Crippen MR) is 77.4 cm³/mol. The van der Waals surface area contributed by atoms with Gasteiger partial charge in [-0.05, 0) is 37.8 Å². The van der Waals surface area contributed by atoms with E-state index in [4.69, 9.17) is 4.74 Å². The Balaban J connectivity index is 1.95. The summed E-state index contributed by atoms with van der Waals surface area (Å²) >= 11 is 0. The third-order valence-electron chi connectivity index (χ3n) is 3.78. The lowest BCUT2D eigenvalue weighted by molar-refractivity contribution is -0.147. The molecule has 0 saturated carbocycles. The first-order valence-corrected chi connectivity index (χ1v) is 7.21. The van der Waals surface area contributed by atoms with Gasteiger partial charge in [-0.3, -0.25) is 4.79 Å². The van der Waals surface area contributed by atoms with E-state index in [1.54, 1.807) is 0 Å². The molecule has 2 rings (SSSR count). The quantitative estimate of drug-likeness (QED) is 0.778. The van der Waals surface area contributed by atoms with Crippen molar-refractivity contribution >= 4 is 5.97 Å². The Bertz CT molecular complexity index is 473. The van der Waals surface area contributed by atoms with E-state index in [2.05, 4.69) is 17.4 Å². The summed E-state index contributed by atoms with van der Waals surface area (Å²) in [5.41, 5.74) is 2.02. The largest absolute Gasteiger partial charge is 0.463 e. The lowest BCUT2D eigenvalue weighted by atomic mass is 9.92. The molecule has 1 aromatic carbocycles. The molecular formula is C16H23NO3. The number of aryl methyl sites for hydroxylation is 1. The van der Waals surface area contributed by atoms with E-state index >= 15 is 0 Å². The minimum atomic E-state index is -0.408. The van der Waals surface area contributed by atoms with Crippen molar-refractivity contribution in [3.05, 3.63) is 35.4 Å². The number of carbonyl (C=O) groups is 1. The van der Waals surface area contributed by atoms with Gasteiger partial charge in [0, 0.05) is 6.54 Å². The van der Waals surface area contributed by atoms with Crippen LogP contribution in [0, 0.1) is 0 Å². The first kappa shape index (κ1) is 15.0. The summed E-state index contributed by atoms with van der Waals surface area (Å²) in [5, 5.41) is 13.1. The molecule has 110 valence electrons. The summed E-state index contributed by atoms with van der Waals surface area (Å²) in [7, 11) is 0. The van der Waals surface area contributed by atoms with Crippen LogP contribution >= 0.6 is 0 Å². The van der Waals surface area contributed by atoms with Crippen LogP contribution < -0.4 is 5.32 Å². The smallest absolute Gasteiger partial charge is 0.307 e. The van der Waals surface area contributed by atoms with E-state index in [-0.39, 0.29) is 18.7 Å². The summed E-state index contributed by atoms with van der Waals surface area (Å²) in [4.78, 5) is 11.5. The molecule has 1 aliphatic rings. The van der Waals surface area contributed by atoms with Gasteiger partial charge in [0.15, 0.2) is 0 Å². The van der Waals surface area contributed by atoms with Crippen LogP contribution in [-0.4, -0.2) is 30.3 Å². The average Bonchev–Trinajstić information content (AvgIpc) is 2.78. The Labute approximate surface area is 120 Å². The second-order valence-electron chi connectivity index (χ2n) is 5.61. The Morgan fingerprint density at radius 1 is 1.45 bits per heavy atom. The van der Waals surface area contributed by atoms with Crippen LogP contribution in [0.5, 0.6) is 0 Å². The monoisotopic (exact) mass is 277 g/mol. The fourth-order valence-electron chi connectivity index (χ4n) is 2.82. The zero-order chi connectivity index (χ0) is 14.6. The molecule has 0 aromatic heterocycles. The van der Waals surface area contributed by atoms with Gasteiger partial charge >= 0.3 is 5.97 Å². The molecule has 1 aromatic rings. The summed E-state index contributed by atoms with van der Waals surface area (Å²) in [6.07, 6.45) is 2.06. The van der Waals surface area contributed by atoms with Crippen molar-refractivity contribution in [1.82, 2.24) is 5.32 Å². The minimum absolute atomic E-state index is 0.0449. The predicted octanol–water partition coefficient (Wildman–Crippen LogP) is 1.75. The highest BCUT2D eigenvalue weighted by molar-refractivity contribution is 5.69. The second kappa shape index (κ2) is 6.37. The lowest BCUT2D eigenvalue weighted by Gasteiger charge is -2.29. The summed E-state index contributed by atoms with van der Waals surface area (Å²) < 4.78 is 5.11. The van der Waals surface area contributed by atoms with Crippen LogP contribution in [-0.2, 0) is 21.5 Å². The third kappa shape index (κ3) is 3.19. The molecule has 0 amide bonds. The molecule has 2 N–H and O–H groups in total. The molecule has 0 spiro atoms. The highest BCUT2D eigenvalue weighted by Gasteiger charge is 2.37. The molecule has 0 aliphatic heterocycles. The third-order valence-corrected chi connectivity index (χ3v) is 3.78. The maximum Gasteiger partial charge on any atom is 0.307 e. The molecule has 1 atom stereocenters.